The summed E-state index contributed by atoms with van der Waals surface area (Å²) in [4.78, 5) is 6.31. The molecule has 0 amide bonds. The van der Waals surface area contributed by atoms with Gasteiger partial charge in [-0.05, 0) is 48.7 Å². The molecule has 2 atom stereocenters. The van der Waals surface area contributed by atoms with Crippen molar-refractivity contribution < 1.29 is 4.74 Å². The zero-order chi connectivity index (χ0) is 16.8. The lowest BCUT2D eigenvalue weighted by molar-refractivity contribution is 0.144. The minimum absolute atomic E-state index is 0.527. The van der Waals surface area contributed by atoms with Crippen LogP contribution in [0.4, 0.5) is 0 Å². The summed E-state index contributed by atoms with van der Waals surface area (Å²) >= 11 is 5.93. The molecule has 1 aromatic heterocycles. The number of aromatic nitrogens is 1. The Hall–Kier alpha value is -1.97. The molecular formula is C21H21ClN2O. The highest BCUT2D eigenvalue weighted by Crippen LogP contribution is 2.46. The van der Waals surface area contributed by atoms with E-state index in [1.807, 2.05) is 24.3 Å². The molecule has 2 aromatic carbocycles. The van der Waals surface area contributed by atoms with Gasteiger partial charge in [0.05, 0.1) is 0 Å². The molecule has 0 aliphatic carbocycles. The van der Waals surface area contributed by atoms with Crippen LogP contribution in [0.5, 0.6) is 5.75 Å². The lowest BCUT2D eigenvalue weighted by atomic mass is 9.97. The van der Waals surface area contributed by atoms with Crippen LogP contribution in [0.3, 0.4) is 0 Å². The van der Waals surface area contributed by atoms with Crippen molar-refractivity contribution in [1.29, 1.82) is 0 Å². The van der Waals surface area contributed by atoms with E-state index in [9.17, 15) is 0 Å². The summed E-state index contributed by atoms with van der Waals surface area (Å²) in [5.41, 5.74) is 4.25. The number of hydrogen-bond donors (Lipinski definition) is 1. The first-order chi connectivity index (χ1) is 12.3. The van der Waals surface area contributed by atoms with Crippen molar-refractivity contribution in [3.05, 3.63) is 64.8 Å². The van der Waals surface area contributed by atoms with Crippen LogP contribution in [0.1, 0.15) is 30.1 Å². The summed E-state index contributed by atoms with van der Waals surface area (Å²) in [5, 5.41) is 2.14. The minimum atomic E-state index is 0.527. The molecule has 2 unspecified atom stereocenters. The molecule has 3 heterocycles. The lowest BCUT2D eigenvalue weighted by Crippen LogP contribution is -2.39. The number of rotatable bonds is 4. The second-order valence-corrected chi connectivity index (χ2v) is 7.49. The average molecular weight is 353 g/mol. The van der Waals surface area contributed by atoms with Crippen molar-refractivity contribution in [1.82, 2.24) is 9.88 Å². The summed E-state index contributed by atoms with van der Waals surface area (Å²) in [6.45, 7) is 1.68. The van der Waals surface area contributed by atoms with E-state index in [0.717, 1.165) is 23.7 Å². The van der Waals surface area contributed by atoms with Gasteiger partial charge < -0.3 is 9.72 Å². The molecule has 128 valence electrons. The monoisotopic (exact) mass is 352 g/mol. The smallest absolute Gasteiger partial charge is 0.119 e. The number of H-pyrrole nitrogens is 1. The fourth-order valence-electron chi connectivity index (χ4n) is 4.60. The molecule has 0 spiro atoms. The van der Waals surface area contributed by atoms with Crippen molar-refractivity contribution >= 4 is 22.5 Å². The van der Waals surface area contributed by atoms with Crippen molar-refractivity contribution in [2.45, 2.75) is 31.3 Å². The van der Waals surface area contributed by atoms with Crippen molar-refractivity contribution in [2.24, 2.45) is 0 Å². The second kappa shape index (κ2) is 6.08. The maximum atomic E-state index is 5.94. The summed E-state index contributed by atoms with van der Waals surface area (Å²) in [5.74, 6) is 0.890. The van der Waals surface area contributed by atoms with E-state index in [0.29, 0.717) is 18.7 Å². The molecule has 2 aliphatic heterocycles. The molecule has 5 rings (SSSR count). The van der Waals surface area contributed by atoms with Crippen LogP contribution in [0.15, 0.2) is 48.5 Å². The number of halogens is 1. The highest BCUT2D eigenvalue weighted by atomic mass is 35.5. The SMILES string of the molecule is Clc1ccc(OCCN2C3CCC2c2c([nH]c4ccccc24)C3)cc1. The van der Waals surface area contributed by atoms with Gasteiger partial charge in [0.15, 0.2) is 0 Å². The average Bonchev–Trinajstić information content (AvgIpc) is 3.13. The van der Waals surface area contributed by atoms with Crippen LogP contribution in [-0.4, -0.2) is 29.1 Å². The zero-order valence-electron chi connectivity index (χ0n) is 14.0. The van der Waals surface area contributed by atoms with Crippen LogP contribution in [0.2, 0.25) is 5.02 Å². The third-order valence-corrected chi connectivity index (χ3v) is 5.93. The van der Waals surface area contributed by atoms with E-state index < -0.39 is 0 Å². The van der Waals surface area contributed by atoms with Gasteiger partial charge in [-0.25, -0.2) is 0 Å². The third kappa shape index (κ3) is 2.62. The maximum absolute atomic E-state index is 5.94. The predicted octanol–water partition coefficient (Wildman–Crippen LogP) is 4.96. The van der Waals surface area contributed by atoms with Crippen LogP contribution in [0, 0.1) is 0 Å². The van der Waals surface area contributed by atoms with E-state index in [4.69, 9.17) is 16.3 Å². The van der Waals surface area contributed by atoms with Gasteiger partial charge in [0.1, 0.15) is 12.4 Å². The van der Waals surface area contributed by atoms with E-state index in [2.05, 4.69) is 34.1 Å². The Morgan fingerprint density at radius 1 is 1.08 bits per heavy atom. The lowest BCUT2D eigenvalue weighted by Gasteiger charge is -2.34. The van der Waals surface area contributed by atoms with E-state index in [1.165, 1.54) is 35.0 Å². The summed E-state index contributed by atoms with van der Waals surface area (Å²) in [6, 6.07) is 17.5. The molecule has 0 radical (unpaired) electrons. The molecule has 1 fully saturated rings. The van der Waals surface area contributed by atoms with Gasteiger partial charge in [-0.15, -0.1) is 0 Å². The molecule has 4 heteroatoms. The van der Waals surface area contributed by atoms with Crippen LogP contribution in [0.25, 0.3) is 10.9 Å². The number of aromatic amines is 1. The van der Waals surface area contributed by atoms with Gasteiger partial charge in [0, 0.05) is 46.7 Å². The van der Waals surface area contributed by atoms with E-state index in [1.54, 1.807) is 0 Å². The summed E-state index contributed by atoms with van der Waals surface area (Å²) in [6.07, 6.45) is 3.66. The fourth-order valence-corrected chi connectivity index (χ4v) is 4.73. The highest BCUT2D eigenvalue weighted by molar-refractivity contribution is 6.30. The summed E-state index contributed by atoms with van der Waals surface area (Å²) < 4.78 is 5.94. The van der Waals surface area contributed by atoms with Crippen LogP contribution in [-0.2, 0) is 6.42 Å². The fraction of sp³-hybridized carbons (Fsp3) is 0.333. The molecule has 3 nitrogen and oxygen atoms in total. The van der Waals surface area contributed by atoms with Gasteiger partial charge in [-0.1, -0.05) is 29.8 Å². The highest BCUT2D eigenvalue weighted by Gasteiger charge is 2.41. The Kier molecular flexibility index (Phi) is 3.72. The molecule has 2 aliphatic rings. The van der Waals surface area contributed by atoms with E-state index >= 15 is 0 Å². The summed E-state index contributed by atoms with van der Waals surface area (Å²) in [7, 11) is 0. The first-order valence-electron chi connectivity index (χ1n) is 9.03. The standard InChI is InChI=1S/C21H21ClN2O/c22-14-5-8-16(9-6-14)25-12-11-24-15-7-10-20(24)21-17-3-1-2-4-18(17)23-19(21)13-15/h1-6,8-9,15,20,23H,7,10-13H2. The molecule has 3 aromatic rings. The third-order valence-electron chi connectivity index (χ3n) is 5.68. The molecular weight excluding hydrogens is 332 g/mol. The number of ether oxygens (including phenoxy) is 1. The Balaban J connectivity index is 1.34. The maximum Gasteiger partial charge on any atom is 0.119 e. The van der Waals surface area contributed by atoms with Crippen molar-refractivity contribution in [2.75, 3.05) is 13.2 Å². The molecule has 1 saturated heterocycles. The van der Waals surface area contributed by atoms with Crippen molar-refractivity contribution in [3.63, 3.8) is 0 Å². The number of benzene rings is 2. The second-order valence-electron chi connectivity index (χ2n) is 7.05. The van der Waals surface area contributed by atoms with Gasteiger partial charge in [-0.3, -0.25) is 4.90 Å². The Morgan fingerprint density at radius 3 is 2.80 bits per heavy atom. The molecule has 1 N–H and O–H groups in total. The first kappa shape index (κ1) is 15.3. The first-order valence-corrected chi connectivity index (χ1v) is 9.41. The van der Waals surface area contributed by atoms with Crippen LogP contribution >= 0.6 is 11.6 Å². The number of hydrogen-bond acceptors (Lipinski definition) is 2. The molecule has 0 saturated carbocycles. The zero-order valence-corrected chi connectivity index (χ0v) is 14.8. The predicted molar refractivity (Wildman–Crippen MR) is 101 cm³/mol. The minimum Gasteiger partial charge on any atom is -0.492 e. The Morgan fingerprint density at radius 2 is 1.92 bits per heavy atom. The number of para-hydroxylation sites is 1. The quantitative estimate of drug-likeness (QED) is 0.718. The van der Waals surface area contributed by atoms with Crippen molar-refractivity contribution in [3.8, 4) is 5.75 Å². The molecule has 2 bridgehead atoms. The molecule has 25 heavy (non-hydrogen) atoms. The van der Waals surface area contributed by atoms with Crippen LogP contribution < -0.4 is 4.74 Å². The largest absolute Gasteiger partial charge is 0.492 e. The van der Waals surface area contributed by atoms with Gasteiger partial charge >= 0.3 is 0 Å². The Bertz CT molecular complexity index is 902. The van der Waals surface area contributed by atoms with Gasteiger partial charge in [0.2, 0.25) is 0 Å². The number of nitrogens with zero attached hydrogens (tertiary/aromatic N) is 1. The Labute approximate surface area is 152 Å². The number of nitrogens with one attached hydrogen (secondary N) is 1. The number of fused-ring (bicyclic) bond motifs is 6. The van der Waals surface area contributed by atoms with Gasteiger partial charge in [-0.2, -0.15) is 0 Å². The van der Waals surface area contributed by atoms with Gasteiger partial charge in [0.25, 0.3) is 0 Å². The van der Waals surface area contributed by atoms with E-state index in [-0.39, 0.29) is 0 Å². The normalized spacial score (nSPS) is 22.3. The topological polar surface area (TPSA) is 28.3 Å².